The second-order valence-corrected chi connectivity index (χ2v) is 10.1. The Balaban J connectivity index is 0.00000280. The Morgan fingerprint density at radius 2 is 1.27 bits per heavy atom. The van der Waals surface area contributed by atoms with Gasteiger partial charge in [0.25, 0.3) is 0 Å². The Morgan fingerprint density at radius 3 is 1.63 bits per heavy atom. The molecule has 0 heterocycles. The number of halogens is 3. The van der Waals surface area contributed by atoms with Gasteiger partial charge in [0.15, 0.2) is 0 Å². The maximum atomic E-state index is 2.46. The first-order chi connectivity index (χ1) is 12.8. The van der Waals surface area contributed by atoms with Crippen LogP contribution in [0.1, 0.15) is 52.2 Å². The van der Waals surface area contributed by atoms with Crippen LogP contribution in [0.5, 0.6) is 0 Å². The fourth-order valence-corrected chi connectivity index (χ4v) is 6.80. The zero-order chi connectivity index (χ0) is 19.7. The third-order valence-corrected chi connectivity index (χ3v) is 7.65. The van der Waals surface area contributed by atoms with E-state index in [2.05, 4.69) is 134 Å². The van der Waals surface area contributed by atoms with Crippen molar-refractivity contribution < 1.29 is 57.7 Å². The first-order valence-electron chi connectivity index (χ1n) is 10.0. The number of benzene rings is 2. The fraction of sp³-hybridized carbons (Fsp3) is 0.385. The van der Waals surface area contributed by atoms with Gasteiger partial charge in [-0.05, 0) is 0 Å². The monoisotopic (exact) mass is 496 g/mol. The van der Waals surface area contributed by atoms with E-state index in [1.807, 2.05) is 0 Å². The van der Waals surface area contributed by atoms with E-state index in [9.17, 15) is 0 Å². The van der Waals surface area contributed by atoms with Crippen LogP contribution < -0.4 is 37.2 Å². The Hall–Kier alpha value is -0.496. The summed E-state index contributed by atoms with van der Waals surface area (Å²) in [6.45, 7) is 11.9. The minimum absolute atomic E-state index is 0. The van der Waals surface area contributed by atoms with Crippen molar-refractivity contribution in [2.75, 3.05) is 0 Å². The largest absolute Gasteiger partial charge is 1.00 e. The van der Waals surface area contributed by atoms with Gasteiger partial charge in [-0.15, -0.1) is 0 Å². The molecule has 0 spiro atoms. The third-order valence-electron chi connectivity index (χ3n) is 6.35. The predicted molar refractivity (Wildman–Crippen MR) is 112 cm³/mol. The molecule has 2 aromatic carbocycles. The van der Waals surface area contributed by atoms with Crippen molar-refractivity contribution in [3.8, 4) is 0 Å². The zero-order valence-corrected chi connectivity index (χ0v) is 22.3. The second kappa shape index (κ2) is 11.4. The molecular formula is C26H31Cl3Ti. The van der Waals surface area contributed by atoms with Crippen molar-refractivity contribution in [1.29, 1.82) is 0 Å². The van der Waals surface area contributed by atoms with Crippen molar-refractivity contribution in [2.24, 2.45) is 11.3 Å². The Kier molecular flexibility index (Phi) is 11.2. The van der Waals surface area contributed by atoms with Crippen LogP contribution in [-0.4, -0.2) is 0 Å². The first kappa shape index (κ1) is 29.5. The number of rotatable bonds is 5. The van der Waals surface area contributed by atoms with E-state index in [4.69, 9.17) is 0 Å². The van der Waals surface area contributed by atoms with Crippen LogP contribution in [0.3, 0.4) is 0 Å². The summed E-state index contributed by atoms with van der Waals surface area (Å²) in [5.41, 5.74) is 4.20. The maximum Gasteiger partial charge on any atom is -1.00 e. The average Bonchev–Trinajstić information content (AvgIpc) is 3.04. The van der Waals surface area contributed by atoms with Crippen molar-refractivity contribution >= 4 is 0 Å². The summed E-state index contributed by atoms with van der Waals surface area (Å²) < 4.78 is -0.0800. The van der Waals surface area contributed by atoms with Gasteiger partial charge in [-0.1, -0.05) is 0 Å². The molecule has 0 bridgehead atoms. The quantitative estimate of drug-likeness (QED) is 0.431. The minimum atomic E-state index is -0.162. The molecule has 2 unspecified atom stereocenters. The van der Waals surface area contributed by atoms with E-state index in [1.165, 1.54) is 11.1 Å². The van der Waals surface area contributed by atoms with E-state index in [-0.39, 0.29) is 51.8 Å². The van der Waals surface area contributed by atoms with Crippen LogP contribution in [0, 0.1) is 11.3 Å². The second-order valence-electron chi connectivity index (χ2n) is 8.83. The summed E-state index contributed by atoms with van der Waals surface area (Å²) in [7, 11) is 0. The molecule has 0 aromatic heterocycles. The molecule has 0 amide bonds. The van der Waals surface area contributed by atoms with Crippen molar-refractivity contribution in [2.45, 2.75) is 50.2 Å². The number of allylic oxidation sites excluding steroid dienone is 4. The Bertz CT molecular complexity index is 798. The van der Waals surface area contributed by atoms with Gasteiger partial charge in [-0.2, -0.15) is 0 Å². The van der Waals surface area contributed by atoms with Gasteiger partial charge in [-0.3, -0.25) is 0 Å². The molecule has 1 aliphatic carbocycles. The molecule has 1 aliphatic rings. The van der Waals surface area contributed by atoms with Crippen molar-refractivity contribution in [1.82, 2.24) is 0 Å². The van der Waals surface area contributed by atoms with Gasteiger partial charge in [0.2, 0.25) is 0 Å². The van der Waals surface area contributed by atoms with Gasteiger partial charge in [-0.25, -0.2) is 0 Å². The summed E-state index contributed by atoms with van der Waals surface area (Å²) in [5.74, 6) is 0.555. The Morgan fingerprint density at radius 1 is 0.833 bits per heavy atom. The standard InChI is InChI=1S/C26H31.3ClH.Ti/c1-6-20(2)23-18-13-19-24(23)26(25(3,4)5,21-14-9-7-10-15-21)22-16-11-8-12-17-22;;;;/h7-20H,6H2,1-5H3;3*1H;/q;;;;+3/p-3. The number of hydrogen-bond acceptors (Lipinski definition) is 0. The molecule has 0 N–H and O–H groups in total. The summed E-state index contributed by atoms with van der Waals surface area (Å²) in [4.78, 5) is 0. The van der Waals surface area contributed by atoms with Crippen molar-refractivity contribution in [3.05, 3.63) is 95.6 Å². The summed E-state index contributed by atoms with van der Waals surface area (Å²) in [5, 5.41) is 0. The van der Waals surface area contributed by atoms with E-state index in [1.54, 1.807) is 5.57 Å². The fourth-order valence-electron chi connectivity index (χ4n) is 5.09. The first-order valence-corrected chi connectivity index (χ1v) is 10.8. The van der Waals surface area contributed by atoms with Crippen LogP contribution in [0.2, 0.25) is 3.72 Å². The average molecular weight is 498 g/mol. The third kappa shape index (κ3) is 4.64. The summed E-state index contributed by atoms with van der Waals surface area (Å²) in [6.07, 6.45) is 8.28. The van der Waals surface area contributed by atoms with E-state index in [0.717, 1.165) is 6.42 Å². The van der Waals surface area contributed by atoms with Crippen LogP contribution >= 0.6 is 0 Å². The molecule has 2 aromatic rings. The Labute approximate surface area is 213 Å². The van der Waals surface area contributed by atoms with Gasteiger partial charge >= 0.3 is 178 Å². The molecule has 0 radical (unpaired) electrons. The SMILES string of the molecule is CCC(C)C1=CC=C[C]1([Ti+3])C(c1ccccc1)(c1ccccc1)C(C)(C)C.[Cl-].[Cl-].[Cl-]. The molecule has 0 saturated heterocycles. The summed E-state index contributed by atoms with van der Waals surface area (Å²) in [6, 6.07) is 22.3. The molecule has 3 rings (SSSR count). The predicted octanol–water partition coefficient (Wildman–Crippen LogP) is -1.72. The topological polar surface area (TPSA) is 0 Å². The van der Waals surface area contributed by atoms with Crippen molar-refractivity contribution in [3.63, 3.8) is 0 Å². The van der Waals surface area contributed by atoms with E-state index in [0.29, 0.717) is 5.92 Å². The summed E-state index contributed by atoms with van der Waals surface area (Å²) >= 11 is 2.46. The smallest absolute Gasteiger partial charge is 1.00 e. The normalized spacial score (nSPS) is 19.1. The van der Waals surface area contributed by atoms with Crippen LogP contribution in [0.25, 0.3) is 0 Å². The van der Waals surface area contributed by atoms with Crippen LogP contribution in [-0.2, 0) is 25.9 Å². The van der Waals surface area contributed by atoms with E-state index >= 15 is 0 Å². The minimum Gasteiger partial charge on any atom is -1.00 e. The molecular weight excluding hydrogens is 467 g/mol. The van der Waals surface area contributed by atoms with Crippen LogP contribution in [0.4, 0.5) is 0 Å². The molecule has 2 atom stereocenters. The van der Waals surface area contributed by atoms with Crippen LogP contribution in [0.15, 0.2) is 84.5 Å². The molecule has 4 heteroatoms. The zero-order valence-electron chi connectivity index (χ0n) is 18.4. The van der Waals surface area contributed by atoms with E-state index < -0.39 is 0 Å². The molecule has 0 nitrogen and oxygen atoms in total. The van der Waals surface area contributed by atoms with Gasteiger partial charge in [0.05, 0.1) is 0 Å². The van der Waals surface area contributed by atoms with Gasteiger partial charge < -0.3 is 37.2 Å². The molecule has 0 saturated carbocycles. The van der Waals surface area contributed by atoms with Gasteiger partial charge in [0, 0.05) is 0 Å². The molecule has 30 heavy (non-hydrogen) atoms. The molecule has 160 valence electrons. The molecule has 0 aliphatic heterocycles. The van der Waals surface area contributed by atoms with Gasteiger partial charge in [0.1, 0.15) is 0 Å². The maximum absolute atomic E-state index is 2.46. The number of hydrogen-bond donors (Lipinski definition) is 0. The molecule has 0 fully saturated rings.